The smallest absolute Gasteiger partial charge is 0.315 e. The fraction of sp³-hybridized carbons (Fsp3) is 0.833. The lowest BCUT2D eigenvalue weighted by Crippen LogP contribution is -2.53. The molecule has 0 aliphatic carbocycles. The summed E-state index contributed by atoms with van der Waals surface area (Å²) in [6.45, 7) is 10.2. The second-order valence-electron chi connectivity index (χ2n) is 8.21. The fourth-order valence-electron chi connectivity index (χ4n) is 3.45. The Bertz CT molecular complexity index is 499. The fourth-order valence-corrected chi connectivity index (χ4v) is 3.45. The number of rotatable bonds is 2. The largest absolute Gasteiger partial charge is 0.343 e. The molecule has 0 bridgehead atoms. The van der Waals surface area contributed by atoms with Crippen LogP contribution >= 0.6 is 0 Å². The highest BCUT2D eigenvalue weighted by molar-refractivity contribution is 5.81. The van der Waals surface area contributed by atoms with Crippen LogP contribution in [-0.4, -0.2) is 65.9 Å². The number of likely N-dealkylation sites (tertiary alicyclic amines) is 2. The van der Waals surface area contributed by atoms with Crippen LogP contribution in [0.4, 0.5) is 4.79 Å². The van der Waals surface area contributed by atoms with E-state index in [4.69, 9.17) is 0 Å². The van der Waals surface area contributed by atoms with Crippen LogP contribution in [0.2, 0.25) is 0 Å². The van der Waals surface area contributed by atoms with Gasteiger partial charge in [0.05, 0.1) is 0 Å². The highest BCUT2D eigenvalue weighted by Crippen LogP contribution is 2.21. The summed E-state index contributed by atoms with van der Waals surface area (Å²) in [7, 11) is 0. The molecular weight excluding hydrogens is 320 g/mol. The van der Waals surface area contributed by atoms with E-state index in [1.54, 1.807) is 6.92 Å². The molecule has 0 aromatic rings. The molecule has 2 saturated heterocycles. The monoisotopic (exact) mass is 352 g/mol. The van der Waals surface area contributed by atoms with E-state index in [1.807, 2.05) is 30.6 Å². The van der Waals surface area contributed by atoms with Crippen LogP contribution in [0.25, 0.3) is 0 Å². The van der Waals surface area contributed by atoms with Crippen molar-refractivity contribution >= 4 is 17.8 Å². The maximum Gasteiger partial charge on any atom is 0.315 e. The van der Waals surface area contributed by atoms with E-state index in [9.17, 15) is 14.4 Å². The Hall–Kier alpha value is -1.79. The van der Waals surface area contributed by atoms with Crippen molar-refractivity contribution in [3.63, 3.8) is 0 Å². The number of urea groups is 1. The molecule has 2 heterocycles. The molecule has 142 valence electrons. The van der Waals surface area contributed by atoms with Gasteiger partial charge in [0.2, 0.25) is 11.8 Å². The number of amides is 4. The lowest BCUT2D eigenvalue weighted by molar-refractivity contribution is -0.140. The zero-order chi connectivity index (χ0) is 18.6. The Morgan fingerprint density at radius 3 is 1.56 bits per heavy atom. The van der Waals surface area contributed by atoms with Crippen LogP contribution in [0.5, 0.6) is 0 Å². The van der Waals surface area contributed by atoms with Gasteiger partial charge >= 0.3 is 6.03 Å². The van der Waals surface area contributed by atoms with E-state index in [0.29, 0.717) is 26.2 Å². The van der Waals surface area contributed by atoms with Crippen molar-refractivity contribution in [1.29, 1.82) is 0 Å². The summed E-state index contributed by atoms with van der Waals surface area (Å²) < 4.78 is 0. The van der Waals surface area contributed by atoms with Gasteiger partial charge in [-0.25, -0.2) is 4.79 Å². The number of nitrogens with zero attached hydrogens (tertiary/aromatic N) is 2. The average molecular weight is 352 g/mol. The molecule has 4 amide bonds. The molecule has 0 saturated carbocycles. The lowest BCUT2D eigenvalue weighted by Gasteiger charge is -2.36. The molecule has 0 radical (unpaired) electrons. The third-order valence-electron chi connectivity index (χ3n) is 5.03. The summed E-state index contributed by atoms with van der Waals surface area (Å²) in [5.74, 6) is 0.270. The minimum Gasteiger partial charge on any atom is -0.343 e. The van der Waals surface area contributed by atoms with Gasteiger partial charge < -0.3 is 20.4 Å². The summed E-state index contributed by atoms with van der Waals surface area (Å²) in [4.78, 5) is 39.5. The van der Waals surface area contributed by atoms with E-state index in [-0.39, 0.29) is 35.3 Å². The third kappa shape index (κ3) is 5.61. The topological polar surface area (TPSA) is 81.8 Å². The molecule has 0 aromatic heterocycles. The van der Waals surface area contributed by atoms with Gasteiger partial charge in [-0.15, -0.1) is 0 Å². The maximum absolute atomic E-state index is 12.3. The van der Waals surface area contributed by atoms with E-state index in [0.717, 1.165) is 25.7 Å². The first kappa shape index (κ1) is 19.5. The van der Waals surface area contributed by atoms with Gasteiger partial charge in [-0.2, -0.15) is 0 Å². The van der Waals surface area contributed by atoms with Crippen LogP contribution < -0.4 is 10.6 Å². The molecule has 0 spiro atoms. The van der Waals surface area contributed by atoms with E-state index >= 15 is 0 Å². The summed E-state index contributed by atoms with van der Waals surface area (Å²) in [6, 6.07) is 0.0985. The second-order valence-corrected chi connectivity index (χ2v) is 8.21. The Kier molecular flexibility index (Phi) is 6.30. The molecule has 0 aromatic carbocycles. The lowest BCUT2D eigenvalue weighted by atomic mass is 9.93. The second kappa shape index (κ2) is 8.06. The van der Waals surface area contributed by atoms with E-state index in [1.165, 1.54) is 0 Å². The van der Waals surface area contributed by atoms with Crippen molar-refractivity contribution in [2.75, 3.05) is 26.2 Å². The summed E-state index contributed by atoms with van der Waals surface area (Å²) >= 11 is 0. The van der Waals surface area contributed by atoms with Crippen molar-refractivity contribution in [3.8, 4) is 0 Å². The molecule has 2 aliphatic rings. The van der Waals surface area contributed by atoms with Crippen LogP contribution in [0.3, 0.4) is 0 Å². The van der Waals surface area contributed by atoms with Crippen LogP contribution in [0.1, 0.15) is 53.4 Å². The van der Waals surface area contributed by atoms with Gasteiger partial charge in [-0.05, 0) is 25.7 Å². The first-order valence-electron chi connectivity index (χ1n) is 9.28. The minimum atomic E-state index is -0.355. The summed E-state index contributed by atoms with van der Waals surface area (Å²) in [6.07, 6.45) is 3.17. The van der Waals surface area contributed by atoms with Crippen molar-refractivity contribution in [2.45, 2.75) is 65.5 Å². The SMILES string of the molecule is CC(=O)N1CCC(NC(=O)NC2CCN(C(=O)C(C)(C)C)CC2)CC1. The zero-order valence-corrected chi connectivity index (χ0v) is 15.9. The molecule has 7 heteroatoms. The van der Waals surface area contributed by atoms with Crippen molar-refractivity contribution < 1.29 is 14.4 Å². The van der Waals surface area contributed by atoms with Gasteiger partial charge in [-0.3, -0.25) is 9.59 Å². The standard InChI is InChI=1S/C18H32N4O3/c1-13(23)21-9-5-14(6-10-21)19-17(25)20-15-7-11-22(12-8-15)16(24)18(2,3)4/h14-15H,5-12H2,1-4H3,(H2,19,20,25). The quantitative estimate of drug-likeness (QED) is 0.787. The molecular formula is C18H32N4O3. The first-order chi connectivity index (χ1) is 11.7. The Balaban J connectivity index is 1.69. The van der Waals surface area contributed by atoms with Gasteiger partial charge in [0.15, 0.2) is 0 Å². The zero-order valence-electron chi connectivity index (χ0n) is 15.9. The number of piperidine rings is 2. The number of carbonyl (C=O) groups excluding carboxylic acids is 3. The predicted octanol–water partition coefficient (Wildman–Crippen LogP) is 1.33. The molecule has 2 rings (SSSR count). The van der Waals surface area contributed by atoms with Gasteiger partial charge in [0.1, 0.15) is 0 Å². The molecule has 0 atom stereocenters. The average Bonchev–Trinajstić information content (AvgIpc) is 2.54. The van der Waals surface area contributed by atoms with Crippen LogP contribution in [-0.2, 0) is 9.59 Å². The molecule has 25 heavy (non-hydrogen) atoms. The number of hydrogen-bond acceptors (Lipinski definition) is 3. The van der Waals surface area contributed by atoms with Gasteiger partial charge in [0, 0.05) is 50.6 Å². The third-order valence-corrected chi connectivity index (χ3v) is 5.03. The van der Waals surface area contributed by atoms with Crippen LogP contribution in [0.15, 0.2) is 0 Å². The molecule has 2 N–H and O–H groups in total. The summed E-state index contributed by atoms with van der Waals surface area (Å²) in [5.41, 5.74) is -0.355. The van der Waals surface area contributed by atoms with Crippen molar-refractivity contribution in [2.24, 2.45) is 5.41 Å². The highest BCUT2D eigenvalue weighted by atomic mass is 16.2. The molecule has 7 nitrogen and oxygen atoms in total. The van der Waals surface area contributed by atoms with Crippen molar-refractivity contribution in [1.82, 2.24) is 20.4 Å². The van der Waals surface area contributed by atoms with Crippen LogP contribution in [0, 0.1) is 5.41 Å². The highest BCUT2D eigenvalue weighted by Gasteiger charge is 2.31. The molecule has 0 unspecified atom stereocenters. The Morgan fingerprint density at radius 2 is 1.20 bits per heavy atom. The van der Waals surface area contributed by atoms with Gasteiger partial charge in [-0.1, -0.05) is 20.8 Å². The minimum absolute atomic E-state index is 0.0967. The Morgan fingerprint density at radius 1 is 0.800 bits per heavy atom. The Labute approximate surface area is 150 Å². The molecule has 2 fully saturated rings. The van der Waals surface area contributed by atoms with E-state index in [2.05, 4.69) is 10.6 Å². The molecule has 2 aliphatic heterocycles. The number of nitrogens with one attached hydrogen (secondary N) is 2. The van der Waals surface area contributed by atoms with Crippen molar-refractivity contribution in [3.05, 3.63) is 0 Å². The maximum atomic E-state index is 12.3. The van der Waals surface area contributed by atoms with E-state index < -0.39 is 0 Å². The number of hydrogen-bond donors (Lipinski definition) is 2. The summed E-state index contributed by atoms with van der Waals surface area (Å²) in [5, 5.41) is 6.05. The first-order valence-corrected chi connectivity index (χ1v) is 9.28. The van der Waals surface area contributed by atoms with Gasteiger partial charge in [0.25, 0.3) is 0 Å². The normalized spacial score (nSPS) is 20.3. The number of carbonyl (C=O) groups is 3. The predicted molar refractivity (Wildman–Crippen MR) is 96.0 cm³/mol.